The maximum Gasteiger partial charge on any atom is 0.501 e. The molecule has 0 aliphatic carbocycles. The van der Waals surface area contributed by atoms with Crippen LogP contribution in [0.25, 0.3) is 0 Å². The molecule has 0 aliphatic rings. The van der Waals surface area contributed by atoms with Gasteiger partial charge in [0.05, 0.1) is 5.69 Å². The fourth-order valence-electron chi connectivity index (χ4n) is 1.65. The molecule has 0 aliphatic heterocycles. The van der Waals surface area contributed by atoms with Gasteiger partial charge >= 0.3 is 5.51 Å². The molecule has 1 unspecified atom stereocenters. The summed E-state index contributed by atoms with van der Waals surface area (Å²) in [6.07, 6.45) is 2.41. The first-order valence-electron chi connectivity index (χ1n) is 5.99. The second-order valence-corrected chi connectivity index (χ2v) is 7.11. The first-order valence-corrected chi connectivity index (χ1v) is 8.87. The van der Waals surface area contributed by atoms with Crippen LogP contribution in [0.3, 0.4) is 0 Å². The Bertz CT molecular complexity index is 587. The third-order valence-electron chi connectivity index (χ3n) is 2.76. The summed E-state index contributed by atoms with van der Waals surface area (Å²) in [5.74, 6) is -0.458. The summed E-state index contributed by atoms with van der Waals surface area (Å²) in [6, 6.07) is 2.10. The molecule has 1 aromatic carbocycles. The van der Waals surface area contributed by atoms with Gasteiger partial charge in [-0.15, -0.1) is 0 Å². The molecular weight excluding hydrogens is 330 g/mol. The molecule has 0 saturated carbocycles. The van der Waals surface area contributed by atoms with E-state index in [1.165, 1.54) is 11.8 Å². The highest BCUT2D eigenvalue weighted by Crippen LogP contribution is 2.35. The van der Waals surface area contributed by atoms with Crippen LogP contribution in [-0.2, 0) is 9.84 Å². The lowest BCUT2D eigenvalue weighted by atomic mass is 10.2. The van der Waals surface area contributed by atoms with E-state index in [-0.39, 0.29) is 11.7 Å². The zero-order chi connectivity index (χ0) is 16.3. The number of sulfone groups is 1. The van der Waals surface area contributed by atoms with Gasteiger partial charge in [-0.05, 0) is 30.9 Å². The molecule has 0 spiro atoms. The summed E-state index contributed by atoms with van der Waals surface area (Å²) in [4.78, 5) is -1.09. The number of hydrogen-bond donors (Lipinski definition) is 1. The van der Waals surface area contributed by atoms with Crippen LogP contribution in [-0.4, -0.2) is 32.0 Å². The Labute approximate surface area is 125 Å². The minimum absolute atomic E-state index is 0.215. The molecule has 1 rings (SSSR count). The summed E-state index contributed by atoms with van der Waals surface area (Å²) in [5, 5.41) is 2.74. The Morgan fingerprint density at radius 1 is 1.33 bits per heavy atom. The normalized spacial score (nSPS) is 14.0. The van der Waals surface area contributed by atoms with Gasteiger partial charge in [0.1, 0.15) is 10.7 Å². The van der Waals surface area contributed by atoms with Gasteiger partial charge in [-0.25, -0.2) is 12.8 Å². The Kier molecular flexibility index (Phi) is 5.92. The van der Waals surface area contributed by atoms with Gasteiger partial charge in [0.25, 0.3) is 9.84 Å². The third-order valence-corrected chi connectivity index (χ3v) is 5.02. The Hall–Kier alpha value is -0.960. The number of hydrogen-bond acceptors (Lipinski definition) is 4. The van der Waals surface area contributed by atoms with Crippen LogP contribution in [0.15, 0.2) is 23.1 Å². The van der Waals surface area contributed by atoms with Crippen molar-refractivity contribution in [3.63, 3.8) is 0 Å². The van der Waals surface area contributed by atoms with Gasteiger partial charge in [-0.2, -0.15) is 24.9 Å². The molecule has 120 valence electrons. The molecule has 0 aromatic heterocycles. The summed E-state index contributed by atoms with van der Waals surface area (Å²) in [6.45, 7) is 1.81. The first kappa shape index (κ1) is 18.1. The number of rotatable bonds is 6. The topological polar surface area (TPSA) is 46.2 Å². The van der Waals surface area contributed by atoms with Crippen molar-refractivity contribution in [1.29, 1.82) is 0 Å². The second-order valence-electron chi connectivity index (χ2n) is 4.29. The van der Waals surface area contributed by atoms with Crippen LogP contribution in [0, 0.1) is 5.82 Å². The van der Waals surface area contributed by atoms with Gasteiger partial charge in [0.15, 0.2) is 0 Å². The molecule has 0 radical (unpaired) electrons. The lowest BCUT2D eigenvalue weighted by molar-refractivity contribution is -0.0435. The van der Waals surface area contributed by atoms with Crippen LogP contribution in [0.2, 0.25) is 0 Å². The van der Waals surface area contributed by atoms with E-state index in [1.807, 2.05) is 13.2 Å². The number of anilines is 1. The van der Waals surface area contributed by atoms with Crippen molar-refractivity contribution < 1.29 is 26.0 Å². The fourth-order valence-corrected chi connectivity index (χ4v) is 3.30. The van der Waals surface area contributed by atoms with Crippen molar-refractivity contribution in [2.75, 3.05) is 17.3 Å². The molecule has 0 fully saturated rings. The molecule has 1 atom stereocenters. The summed E-state index contributed by atoms with van der Waals surface area (Å²) >= 11 is 1.47. The maximum atomic E-state index is 13.2. The smallest absolute Gasteiger partial charge is 0.380 e. The van der Waals surface area contributed by atoms with E-state index in [2.05, 4.69) is 5.32 Å². The lowest BCUT2D eigenvalue weighted by Gasteiger charge is -2.20. The van der Waals surface area contributed by atoms with Crippen LogP contribution in [0.4, 0.5) is 23.2 Å². The predicted octanol–water partition coefficient (Wildman–Crippen LogP) is 3.67. The van der Waals surface area contributed by atoms with Gasteiger partial charge in [-0.3, -0.25) is 0 Å². The van der Waals surface area contributed by atoms with E-state index < -0.39 is 26.1 Å². The minimum Gasteiger partial charge on any atom is -0.380 e. The third kappa shape index (κ3) is 4.26. The number of halogens is 4. The monoisotopic (exact) mass is 345 g/mol. The Balaban J connectivity index is 3.30. The molecule has 1 aromatic rings. The van der Waals surface area contributed by atoms with Crippen molar-refractivity contribution in [3.05, 3.63) is 24.0 Å². The lowest BCUT2D eigenvalue weighted by Crippen LogP contribution is -2.27. The SMILES string of the molecule is CCC(CSC)Nc1ccc(F)cc1S(=O)(=O)C(F)(F)F. The molecule has 3 nitrogen and oxygen atoms in total. The van der Waals surface area contributed by atoms with E-state index in [4.69, 9.17) is 0 Å². The van der Waals surface area contributed by atoms with Crippen LogP contribution < -0.4 is 5.32 Å². The number of nitrogens with one attached hydrogen (secondary N) is 1. The van der Waals surface area contributed by atoms with E-state index in [0.29, 0.717) is 18.2 Å². The molecule has 0 bridgehead atoms. The molecule has 9 heteroatoms. The average molecular weight is 345 g/mol. The predicted molar refractivity (Wildman–Crippen MR) is 75.7 cm³/mol. The maximum absolute atomic E-state index is 13.2. The molecule has 1 N–H and O–H groups in total. The molecular formula is C12H15F4NO2S2. The first-order chi connectivity index (χ1) is 9.63. The summed E-state index contributed by atoms with van der Waals surface area (Å²) in [5.41, 5.74) is -5.71. The van der Waals surface area contributed by atoms with Crippen molar-refractivity contribution in [1.82, 2.24) is 0 Å². The van der Waals surface area contributed by atoms with Gasteiger partial charge in [0.2, 0.25) is 0 Å². The van der Waals surface area contributed by atoms with Crippen molar-refractivity contribution in [2.45, 2.75) is 29.8 Å². The molecule has 21 heavy (non-hydrogen) atoms. The van der Waals surface area contributed by atoms with E-state index in [9.17, 15) is 26.0 Å². The highest BCUT2D eigenvalue weighted by Gasteiger charge is 2.48. The van der Waals surface area contributed by atoms with E-state index >= 15 is 0 Å². The number of benzene rings is 1. The number of alkyl halides is 3. The fraction of sp³-hybridized carbons (Fsp3) is 0.500. The van der Waals surface area contributed by atoms with Crippen LogP contribution in [0.5, 0.6) is 0 Å². The van der Waals surface area contributed by atoms with Crippen LogP contribution in [0.1, 0.15) is 13.3 Å². The Morgan fingerprint density at radius 3 is 2.43 bits per heavy atom. The summed E-state index contributed by atoms with van der Waals surface area (Å²) < 4.78 is 74.2. The summed E-state index contributed by atoms with van der Waals surface area (Å²) in [7, 11) is -5.61. The highest BCUT2D eigenvalue weighted by atomic mass is 32.2. The van der Waals surface area contributed by atoms with Crippen molar-refractivity contribution in [2.24, 2.45) is 0 Å². The van der Waals surface area contributed by atoms with E-state index in [1.54, 1.807) is 0 Å². The average Bonchev–Trinajstić information content (AvgIpc) is 2.38. The van der Waals surface area contributed by atoms with Gasteiger partial charge < -0.3 is 5.32 Å². The largest absolute Gasteiger partial charge is 0.501 e. The zero-order valence-electron chi connectivity index (χ0n) is 11.4. The van der Waals surface area contributed by atoms with Gasteiger partial charge in [-0.1, -0.05) is 6.92 Å². The van der Waals surface area contributed by atoms with Gasteiger partial charge in [0, 0.05) is 11.8 Å². The minimum atomic E-state index is -5.61. The molecule has 0 amide bonds. The number of thioether (sulfide) groups is 1. The second kappa shape index (κ2) is 6.87. The Morgan fingerprint density at radius 2 is 1.95 bits per heavy atom. The molecule has 0 heterocycles. The standard InChI is InChI=1S/C12H15F4NO2S2/c1-3-9(7-20-2)17-10-5-4-8(13)6-11(10)21(18,19)12(14,15)16/h4-6,9,17H,3,7H2,1-2H3. The zero-order valence-corrected chi connectivity index (χ0v) is 13.0. The van der Waals surface area contributed by atoms with Crippen molar-refractivity contribution >= 4 is 27.3 Å². The van der Waals surface area contributed by atoms with Crippen molar-refractivity contribution in [3.8, 4) is 0 Å². The van der Waals surface area contributed by atoms with Crippen LogP contribution >= 0.6 is 11.8 Å². The highest BCUT2D eigenvalue weighted by molar-refractivity contribution is 7.98. The quantitative estimate of drug-likeness (QED) is 0.799. The van der Waals surface area contributed by atoms with E-state index in [0.717, 1.165) is 12.1 Å². The molecule has 0 saturated heterocycles.